The molecule has 0 unspecified atom stereocenters. The van der Waals surface area contributed by atoms with Gasteiger partial charge in [-0.25, -0.2) is 4.98 Å². The molecule has 1 N–H and O–H groups in total. The summed E-state index contributed by atoms with van der Waals surface area (Å²) in [6.45, 7) is 4.14. The van der Waals surface area contributed by atoms with Crippen molar-refractivity contribution >= 4 is 22.8 Å². The number of pyridine rings is 1. The number of rotatable bonds is 1. The van der Waals surface area contributed by atoms with E-state index in [-0.39, 0.29) is 11.8 Å². The molecule has 1 aliphatic rings. The summed E-state index contributed by atoms with van der Waals surface area (Å²) in [5.41, 5.74) is 1.37. The van der Waals surface area contributed by atoms with E-state index in [0.29, 0.717) is 31.7 Å². The standard InChI is InChI=1S/C15H18N4O2/c1-11(20)18-6-3-7-19(9-8-18)15(21)13-10-17-14-12(13)4-2-5-16-14/h2,4-5,10H,3,6-9H2,1H3,(H,16,17). The van der Waals surface area contributed by atoms with Crippen LogP contribution in [0.25, 0.3) is 11.0 Å². The first-order valence-electron chi connectivity index (χ1n) is 7.13. The Balaban J connectivity index is 1.80. The summed E-state index contributed by atoms with van der Waals surface area (Å²) in [5.74, 6) is 0.0697. The van der Waals surface area contributed by atoms with Crippen molar-refractivity contribution in [1.82, 2.24) is 19.8 Å². The normalized spacial score (nSPS) is 16.0. The van der Waals surface area contributed by atoms with Gasteiger partial charge in [-0.3, -0.25) is 9.59 Å². The first kappa shape index (κ1) is 13.6. The monoisotopic (exact) mass is 286 g/mol. The van der Waals surface area contributed by atoms with Crippen molar-refractivity contribution in [2.45, 2.75) is 13.3 Å². The number of nitrogens with zero attached hydrogens (tertiary/aromatic N) is 3. The maximum atomic E-state index is 12.7. The Labute approximate surface area is 122 Å². The van der Waals surface area contributed by atoms with Crippen LogP contribution in [0.4, 0.5) is 0 Å². The van der Waals surface area contributed by atoms with Gasteiger partial charge in [0.25, 0.3) is 5.91 Å². The van der Waals surface area contributed by atoms with Crippen LogP contribution in [0.2, 0.25) is 0 Å². The highest BCUT2D eigenvalue weighted by Crippen LogP contribution is 2.18. The Morgan fingerprint density at radius 1 is 1.19 bits per heavy atom. The number of hydrogen-bond donors (Lipinski definition) is 1. The minimum absolute atomic E-state index is 0.000322. The van der Waals surface area contributed by atoms with E-state index in [9.17, 15) is 9.59 Å². The van der Waals surface area contributed by atoms with Crippen molar-refractivity contribution in [2.24, 2.45) is 0 Å². The molecule has 1 fully saturated rings. The van der Waals surface area contributed by atoms with Crippen LogP contribution in [0.1, 0.15) is 23.7 Å². The summed E-state index contributed by atoms with van der Waals surface area (Å²) < 4.78 is 0. The zero-order valence-electron chi connectivity index (χ0n) is 12.0. The van der Waals surface area contributed by atoms with Gasteiger partial charge >= 0.3 is 0 Å². The van der Waals surface area contributed by atoms with E-state index in [0.717, 1.165) is 17.5 Å². The molecule has 1 aliphatic heterocycles. The Bertz CT molecular complexity index is 679. The number of carbonyl (C=O) groups excluding carboxylic acids is 2. The fourth-order valence-corrected chi connectivity index (χ4v) is 2.74. The molecule has 0 atom stereocenters. The zero-order valence-corrected chi connectivity index (χ0v) is 12.0. The molecule has 3 heterocycles. The number of fused-ring (bicyclic) bond motifs is 1. The minimum Gasteiger partial charge on any atom is -0.345 e. The van der Waals surface area contributed by atoms with Gasteiger partial charge in [-0.1, -0.05) is 0 Å². The van der Waals surface area contributed by atoms with Gasteiger partial charge in [-0.05, 0) is 18.6 Å². The van der Waals surface area contributed by atoms with Crippen LogP contribution in [0.3, 0.4) is 0 Å². The van der Waals surface area contributed by atoms with E-state index in [1.807, 2.05) is 17.0 Å². The lowest BCUT2D eigenvalue weighted by Gasteiger charge is -2.21. The summed E-state index contributed by atoms with van der Waals surface area (Å²) in [5, 5.41) is 0.843. The van der Waals surface area contributed by atoms with Crippen LogP contribution in [0.15, 0.2) is 24.5 Å². The maximum Gasteiger partial charge on any atom is 0.256 e. The molecule has 0 radical (unpaired) electrons. The second-order valence-corrected chi connectivity index (χ2v) is 5.25. The summed E-state index contributed by atoms with van der Waals surface area (Å²) in [6, 6.07) is 3.72. The quantitative estimate of drug-likeness (QED) is 0.858. The predicted molar refractivity (Wildman–Crippen MR) is 78.9 cm³/mol. The average molecular weight is 286 g/mol. The van der Waals surface area contributed by atoms with Gasteiger partial charge in [-0.15, -0.1) is 0 Å². The minimum atomic E-state index is -0.000322. The highest BCUT2D eigenvalue weighted by atomic mass is 16.2. The molecular weight excluding hydrogens is 268 g/mol. The Kier molecular flexibility index (Phi) is 3.60. The first-order valence-corrected chi connectivity index (χ1v) is 7.13. The summed E-state index contributed by atoms with van der Waals surface area (Å²) in [6.07, 6.45) is 4.23. The maximum absolute atomic E-state index is 12.7. The van der Waals surface area contributed by atoms with Crippen LogP contribution in [0, 0.1) is 0 Å². The number of nitrogens with one attached hydrogen (secondary N) is 1. The van der Waals surface area contributed by atoms with E-state index in [1.54, 1.807) is 24.2 Å². The van der Waals surface area contributed by atoms with Gasteiger partial charge in [0.05, 0.1) is 5.56 Å². The Morgan fingerprint density at radius 3 is 2.76 bits per heavy atom. The van der Waals surface area contributed by atoms with Gasteiger partial charge in [0, 0.05) is 50.9 Å². The van der Waals surface area contributed by atoms with E-state index >= 15 is 0 Å². The van der Waals surface area contributed by atoms with Crippen molar-refractivity contribution in [2.75, 3.05) is 26.2 Å². The van der Waals surface area contributed by atoms with Crippen molar-refractivity contribution in [1.29, 1.82) is 0 Å². The molecule has 0 aromatic carbocycles. The van der Waals surface area contributed by atoms with Crippen LogP contribution in [-0.4, -0.2) is 57.8 Å². The molecule has 21 heavy (non-hydrogen) atoms. The third-order valence-electron chi connectivity index (χ3n) is 3.91. The molecule has 2 amide bonds. The SMILES string of the molecule is CC(=O)N1CCCN(C(=O)c2c[nH]c3ncccc23)CC1. The number of amides is 2. The highest BCUT2D eigenvalue weighted by Gasteiger charge is 2.23. The van der Waals surface area contributed by atoms with Crippen LogP contribution in [-0.2, 0) is 4.79 Å². The molecular formula is C15H18N4O2. The molecule has 0 spiro atoms. The summed E-state index contributed by atoms with van der Waals surface area (Å²) >= 11 is 0. The molecule has 3 rings (SSSR count). The molecule has 1 saturated heterocycles. The van der Waals surface area contributed by atoms with Crippen LogP contribution < -0.4 is 0 Å². The van der Waals surface area contributed by atoms with Gasteiger partial charge < -0.3 is 14.8 Å². The third kappa shape index (κ3) is 2.61. The number of hydrogen-bond acceptors (Lipinski definition) is 3. The molecule has 110 valence electrons. The van der Waals surface area contributed by atoms with Crippen molar-refractivity contribution in [3.8, 4) is 0 Å². The lowest BCUT2D eigenvalue weighted by atomic mass is 10.2. The van der Waals surface area contributed by atoms with Gasteiger partial charge in [0.2, 0.25) is 5.91 Å². The lowest BCUT2D eigenvalue weighted by Crippen LogP contribution is -2.36. The van der Waals surface area contributed by atoms with Gasteiger partial charge in [0.15, 0.2) is 0 Å². The largest absolute Gasteiger partial charge is 0.345 e. The van der Waals surface area contributed by atoms with Gasteiger partial charge in [0.1, 0.15) is 5.65 Å². The Morgan fingerprint density at radius 2 is 1.95 bits per heavy atom. The van der Waals surface area contributed by atoms with E-state index in [2.05, 4.69) is 9.97 Å². The topological polar surface area (TPSA) is 69.3 Å². The van der Waals surface area contributed by atoms with E-state index in [4.69, 9.17) is 0 Å². The lowest BCUT2D eigenvalue weighted by molar-refractivity contribution is -0.128. The summed E-state index contributed by atoms with van der Waals surface area (Å²) in [7, 11) is 0. The molecule has 0 aliphatic carbocycles. The van der Waals surface area contributed by atoms with Crippen LogP contribution in [0.5, 0.6) is 0 Å². The number of aromatic amines is 1. The number of H-pyrrole nitrogens is 1. The molecule has 0 bridgehead atoms. The van der Waals surface area contributed by atoms with Crippen molar-refractivity contribution in [3.63, 3.8) is 0 Å². The van der Waals surface area contributed by atoms with Crippen LogP contribution >= 0.6 is 0 Å². The molecule has 6 heteroatoms. The van der Waals surface area contributed by atoms with Crippen molar-refractivity contribution < 1.29 is 9.59 Å². The predicted octanol–water partition coefficient (Wildman–Crippen LogP) is 1.26. The molecule has 0 saturated carbocycles. The third-order valence-corrected chi connectivity index (χ3v) is 3.91. The second-order valence-electron chi connectivity index (χ2n) is 5.25. The summed E-state index contributed by atoms with van der Waals surface area (Å²) in [4.78, 5) is 35.0. The number of carbonyl (C=O) groups is 2. The second kappa shape index (κ2) is 5.55. The van der Waals surface area contributed by atoms with E-state index < -0.39 is 0 Å². The van der Waals surface area contributed by atoms with Gasteiger partial charge in [-0.2, -0.15) is 0 Å². The first-order chi connectivity index (χ1) is 10.2. The fourth-order valence-electron chi connectivity index (χ4n) is 2.74. The Hall–Kier alpha value is -2.37. The zero-order chi connectivity index (χ0) is 14.8. The average Bonchev–Trinajstić information content (AvgIpc) is 2.75. The molecule has 2 aromatic heterocycles. The van der Waals surface area contributed by atoms with E-state index in [1.165, 1.54) is 0 Å². The molecule has 2 aromatic rings. The highest BCUT2D eigenvalue weighted by molar-refractivity contribution is 6.05. The molecule has 6 nitrogen and oxygen atoms in total. The number of aromatic nitrogens is 2. The fraction of sp³-hybridized carbons (Fsp3) is 0.400. The van der Waals surface area contributed by atoms with Crippen molar-refractivity contribution in [3.05, 3.63) is 30.1 Å². The smallest absolute Gasteiger partial charge is 0.256 e.